The van der Waals surface area contributed by atoms with Crippen molar-refractivity contribution < 1.29 is 13.2 Å². The number of rotatable bonds is 3. The van der Waals surface area contributed by atoms with Crippen molar-refractivity contribution >= 4 is 10.9 Å². The Bertz CT molecular complexity index is 555. The van der Waals surface area contributed by atoms with Gasteiger partial charge in [0.1, 0.15) is 5.69 Å². The molecule has 0 saturated heterocycles. The maximum atomic E-state index is 13.0. The molecule has 18 heavy (non-hydrogen) atoms. The monoisotopic (exact) mass is 256 g/mol. The van der Waals surface area contributed by atoms with Gasteiger partial charge < -0.3 is 10.3 Å². The van der Waals surface area contributed by atoms with E-state index in [1.165, 1.54) is 0 Å². The highest BCUT2D eigenvalue weighted by Gasteiger charge is 2.36. The summed E-state index contributed by atoms with van der Waals surface area (Å²) in [6.45, 7) is 2.32. The topological polar surface area (TPSA) is 27.8 Å². The van der Waals surface area contributed by atoms with Gasteiger partial charge in [-0.25, -0.2) is 0 Å². The van der Waals surface area contributed by atoms with Gasteiger partial charge in [0.05, 0.1) is 0 Å². The van der Waals surface area contributed by atoms with Crippen LogP contribution in [-0.4, -0.2) is 18.6 Å². The number of aryl methyl sites for hydroxylation is 1. The molecular weight excluding hydrogens is 241 g/mol. The van der Waals surface area contributed by atoms with E-state index in [1.54, 1.807) is 32.2 Å². The molecule has 2 rings (SSSR count). The Hall–Kier alpha value is -1.49. The number of likely N-dealkylation sites (N-methyl/N-ethyl adjacent to an activating group) is 1. The van der Waals surface area contributed by atoms with Crippen molar-refractivity contribution in [2.45, 2.75) is 19.5 Å². The lowest BCUT2D eigenvalue weighted by Crippen LogP contribution is -2.14. The number of benzene rings is 1. The van der Waals surface area contributed by atoms with Crippen LogP contribution in [0.15, 0.2) is 18.2 Å². The highest BCUT2D eigenvalue weighted by molar-refractivity contribution is 5.87. The summed E-state index contributed by atoms with van der Waals surface area (Å²) >= 11 is 0. The Morgan fingerprint density at radius 2 is 2.00 bits per heavy atom. The first kappa shape index (κ1) is 13.0. The van der Waals surface area contributed by atoms with Gasteiger partial charge in [0.25, 0.3) is 0 Å². The standard InChI is InChI=1S/C13H15F3N2/c1-8-4-3-5-9-10(6-7-17-2)12(13(14,15)16)18-11(8)9/h3-5,17-18H,6-7H2,1-2H3. The predicted molar refractivity (Wildman–Crippen MR) is 65.7 cm³/mol. The fourth-order valence-electron chi connectivity index (χ4n) is 2.17. The lowest BCUT2D eigenvalue weighted by atomic mass is 10.1. The maximum absolute atomic E-state index is 13.0. The first-order valence-corrected chi connectivity index (χ1v) is 5.77. The Balaban J connectivity index is 2.65. The third kappa shape index (κ3) is 2.22. The number of aromatic amines is 1. The summed E-state index contributed by atoms with van der Waals surface area (Å²) in [6, 6.07) is 5.33. The van der Waals surface area contributed by atoms with Crippen LogP contribution in [0.3, 0.4) is 0 Å². The van der Waals surface area contributed by atoms with Gasteiger partial charge in [0.15, 0.2) is 0 Å². The number of para-hydroxylation sites is 1. The third-order valence-corrected chi connectivity index (χ3v) is 3.06. The fourth-order valence-corrected chi connectivity index (χ4v) is 2.17. The number of alkyl halides is 3. The average Bonchev–Trinajstić information content (AvgIpc) is 2.66. The van der Waals surface area contributed by atoms with Gasteiger partial charge >= 0.3 is 6.18 Å². The van der Waals surface area contributed by atoms with Crippen LogP contribution in [0.4, 0.5) is 13.2 Å². The summed E-state index contributed by atoms with van der Waals surface area (Å²) in [5.74, 6) is 0. The molecule has 5 heteroatoms. The summed E-state index contributed by atoms with van der Waals surface area (Å²) in [6.07, 6.45) is -3.98. The molecule has 0 aliphatic heterocycles. The van der Waals surface area contributed by atoms with Crippen LogP contribution in [0.1, 0.15) is 16.8 Å². The highest BCUT2D eigenvalue weighted by Crippen LogP contribution is 2.36. The van der Waals surface area contributed by atoms with E-state index in [2.05, 4.69) is 10.3 Å². The van der Waals surface area contributed by atoms with Gasteiger partial charge in [0, 0.05) is 10.9 Å². The van der Waals surface area contributed by atoms with Crippen LogP contribution in [0.2, 0.25) is 0 Å². The molecule has 2 nitrogen and oxygen atoms in total. The van der Waals surface area contributed by atoms with Crippen molar-refractivity contribution in [1.82, 2.24) is 10.3 Å². The largest absolute Gasteiger partial charge is 0.431 e. The molecule has 0 aliphatic rings. The summed E-state index contributed by atoms with van der Waals surface area (Å²) in [7, 11) is 1.73. The van der Waals surface area contributed by atoms with Crippen LogP contribution in [0.25, 0.3) is 10.9 Å². The molecule has 2 aromatic rings. The minimum atomic E-state index is -4.34. The zero-order chi connectivity index (χ0) is 13.3. The van der Waals surface area contributed by atoms with Crippen LogP contribution < -0.4 is 5.32 Å². The number of fused-ring (bicyclic) bond motifs is 1. The molecular formula is C13H15F3N2. The fraction of sp³-hybridized carbons (Fsp3) is 0.385. The van der Waals surface area contributed by atoms with Crippen molar-refractivity contribution in [3.63, 3.8) is 0 Å². The van der Waals surface area contributed by atoms with Gasteiger partial charge in [-0.15, -0.1) is 0 Å². The number of hydrogen-bond donors (Lipinski definition) is 2. The number of hydrogen-bond acceptors (Lipinski definition) is 1. The van der Waals surface area contributed by atoms with Crippen molar-refractivity contribution in [1.29, 1.82) is 0 Å². The second-order valence-corrected chi connectivity index (χ2v) is 4.33. The number of aromatic nitrogens is 1. The van der Waals surface area contributed by atoms with Crippen LogP contribution >= 0.6 is 0 Å². The Morgan fingerprint density at radius 3 is 2.61 bits per heavy atom. The molecule has 0 spiro atoms. The maximum Gasteiger partial charge on any atom is 0.431 e. The van der Waals surface area contributed by atoms with E-state index in [-0.39, 0.29) is 0 Å². The minimum Gasteiger partial charge on any atom is -0.351 e. The molecule has 98 valence electrons. The van der Waals surface area contributed by atoms with Crippen molar-refractivity contribution in [2.24, 2.45) is 0 Å². The molecule has 1 aromatic carbocycles. The van der Waals surface area contributed by atoms with Crippen molar-refractivity contribution in [3.05, 3.63) is 35.0 Å². The van der Waals surface area contributed by atoms with Gasteiger partial charge in [-0.05, 0) is 38.1 Å². The lowest BCUT2D eigenvalue weighted by Gasteiger charge is -2.07. The van der Waals surface area contributed by atoms with Gasteiger partial charge in [0.2, 0.25) is 0 Å². The Morgan fingerprint density at radius 1 is 1.28 bits per heavy atom. The van der Waals surface area contributed by atoms with Crippen LogP contribution in [-0.2, 0) is 12.6 Å². The van der Waals surface area contributed by atoms with Crippen LogP contribution in [0.5, 0.6) is 0 Å². The predicted octanol–water partition coefficient (Wildman–Crippen LogP) is 3.26. The molecule has 1 heterocycles. The Labute approximate surface area is 103 Å². The second-order valence-electron chi connectivity index (χ2n) is 4.33. The normalized spacial score (nSPS) is 12.3. The van der Waals surface area contributed by atoms with E-state index in [4.69, 9.17) is 0 Å². The summed E-state index contributed by atoms with van der Waals surface area (Å²) in [5.41, 5.74) is 1.13. The van der Waals surface area contributed by atoms with E-state index in [0.717, 1.165) is 5.56 Å². The van der Waals surface area contributed by atoms with Gasteiger partial charge in [-0.3, -0.25) is 0 Å². The zero-order valence-corrected chi connectivity index (χ0v) is 10.3. The SMILES string of the molecule is CNCCc1c(C(F)(F)F)[nH]c2c(C)cccc12. The Kier molecular flexibility index (Phi) is 3.34. The number of H-pyrrole nitrogens is 1. The van der Waals surface area contributed by atoms with E-state index >= 15 is 0 Å². The van der Waals surface area contributed by atoms with Crippen molar-refractivity contribution in [3.8, 4) is 0 Å². The van der Waals surface area contributed by atoms with E-state index in [9.17, 15) is 13.2 Å². The zero-order valence-electron chi connectivity index (χ0n) is 10.3. The first-order chi connectivity index (χ1) is 8.45. The molecule has 0 bridgehead atoms. The highest BCUT2D eigenvalue weighted by atomic mass is 19.4. The molecule has 0 saturated carbocycles. The third-order valence-electron chi connectivity index (χ3n) is 3.06. The molecule has 0 fully saturated rings. The van der Waals surface area contributed by atoms with E-state index < -0.39 is 11.9 Å². The second kappa shape index (κ2) is 4.65. The molecule has 0 aliphatic carbocycles. The molecule has 2 N–H and O–H groups in total. The number of nitrogens with one attached hydrogen (secondary N) is 2. The smallest absolute Gasteiger partial charge is 0.351 e. The molecule has 1 aromatic heterocycles. The minimum absolute atomic E-state index is 0.343. The molecule has 0 unspecified atom stereocenters. The molecule has 0 atom stereocenters. The average molecular weight is 256 g/mol. The van der Waals surface area contributed by atoms with Crippen molar-refractivity contribution in [2.75, 3.05) is 13.6 Å². The lowest BCUT2D eigenvalue weighted by molar-refractivity contribution is -0.141. The van der Waals surface area contributed by atoms with Gasteiger partial charge in [-0.1, -0.05) is 18.2 Å². The quantitative estimate of drug-likeness (QED) is 0.866. The molecule has 0 radical (unpaired) electrons. The van der Waals surface area contributed by atoms with Crippen LogP contribution in [0, 0.1) is 6.92 Å². The van der Waals surface area contributed by atoms with E-state index in [1.807, 2.05) is 0 Å². The summed E-state index contributed by atoms with van der Waals surface area (Å²) < 4.78 is 39.0. The summed E-state index contributed by atoms with van der Waals surface area (Å²) in [4.78, 5) is 2.53. The summed E-state index contributed by atoms with van der Waals surface area (Å²) in [5, 5.41) is 3.55. The molecule has 0 amide bonds. The number of halogens is 3. The first-order valence-electron chi connectivity index (χ1n) is 5.77. The van der Waals surface area contributed by atoms with E-state index in [0.29, 0.717) is 29.4 Å². The van der Waals surface area contributed by atoms with Gasteiger partial charge in [-0.2, -0.15) is 13.2 Å².